The van der Waals surface area contributed by atoms with E-state index in [0.29, 0.717) is 5.65 Å². The first-order valence-corrected chi connectivity index (χ1v) is 6.25. The molecule has 100 valence electrons. The van der Waals surface area contributed by atoms with Gasteiger partial charge in [0.25, 0.3) is 0 Å². The van der Waals surface area contributed by atoms with Crippen molar-refractivity contribution in [2.24, 2.45) is 0 Å². The van der Waals surface area contributed by atoms with E-state index >= 15 is 0 Å². The van der Waals surface area contributed by atoms with Gasteiger partial charge in [0.15, 0.2) is 5.65 Å². The topological polar surface area (TPSA) is 78.9 Å². The van der Waals surface area contributed by atoms with Crippen molar-refractivity contribution >= 4 is 17.1 Å². The predicted molar refractivity (Wildman–Crippen MR) is 75.4 cm³/mol. The number of nitrogens with one attached hydrogen (secondary N) is 1. The van der Waals surface area contributed by atoms with Crippen LogP contribution in [0.5, 0.6) is 0 Å². The summed E-state index contributed by atoms with van der Waals surface area (Å²) in [6.45, 7) is 1.88. The van der Waals surface area contributed by atoms with Gasteiger partial charge in [0.2, 0.25) is 0 Å². The Bertz CT molecular complexity index is 793. The third-order valence-electron chi connectivity index (χ3n) is 3.07. The van der Waals surface area contributed by atoms with Crippen LogP contribution < -0.4 is 0 Å². The van der Waals surface area contributed by atoms with Crippen molar-refractivity contribution in [2.75, 3.05) is 0 Å². The average molecular weight is 267 g/mol. The number of imidazole rings is 1. The minimum Gasteiger partial charge on any atom is -0.481 e. The highest BCUT2D eigenvalue weighted by Gasteiger charge is 2.06. The molecule has 20 heavy (non-hydrogen) atoms. The maximum Gasteiger partial charge on any atom is 0.307 e. The van der Waals surface area contributed by atoms with E-state index < -0.39 is 5.97 Å². The number of rotatable bonds is 3. The summed E-state index contributed by atoms with van der Waals surface area (Å²) in [5, 5.41) is 8.85. The van der Waals surface area contributed by atoms with Gasteiger partial charge in [0.05, 0.1) is 11.9 Å². The number of nitrogens with zero attached hydrogens (tertiary/aromatic N) is 2. The lowest BCUT2D eigenvalue weighted by Crippen LogP contribution is -1.99. The molecule has 0 unspecified atom stereocenters. The Kier molecular flexibility index (Phi) is 2.95. The van der Waals surface area contributed by atoms with Gasteiger partial charge >= 0.3 is 5.97 Å². The molecular weight excluding hydrogens is 254 g/mol. The monoisotopic (exact) mass is 267 g/mol. The van der Waals surface area contributed by atoms with Crippen LogP contribution in [-0.2, 0) is 11.2 Å². The van der Waals surface area contributed by atoms with Crippen molar-refractivity contribution in [1.82, 2.24) is 15.0 Å². The van der Waals surface area contributed by atoms with Crippen LogP contribution in [0.4, 0.5) is 0 Å². The van der Waals surface area contributed by atoms with Crippen LogP contribution in [0.1, 0.15) is 11.4 Å². The van der Waals surface area contributed by atoms with E-state index in [-0.39, 0.29) is 6.42 Å². The third-order valence-corrected chi connectivity index (χ3v) is 3.07. The Morgan fingerprint density at radius 2 is 2.15 bits per heavy atom. The highest BCUT2D eigenvalue weighted by atomic mass is 16.4. The largest absolute Gasteiger partial charge is 0.481 e. The standard InChI is InChI=1S/C15H13N3O2/c1-9-17-13-7-12(8-16-15(13)18-9)11-4-2-3-10(5-11)6-14(19)20/h2-5,7-8H,6H2,1H3,(H,19,20)(H,16,17,18). The second-order valence-corrected chi connectivity index (χ2v) is 4.69. The number of H-pyrrole nitrogens is 1. The van der Waals surface area contributed by atoms with Crippen LogP contribution in [0.25, 0.3) is 22.3 Å². The number of pyridine rings is 1. The molecule has 2 aromatic heterocycles. The number of aliphatic carboxylic acids is 1. The molecule has 2 heterocycles. The number of carboxylic acids is 1. The summed E-state index contributed by atoms with van der Waals surface area (Å²) in [7, 11) is 0. The normalized spacial score (nSPS) is 10.8. The van der Waals surface area contributed by atoms with Crippen molar-refractivity contribution in [1.29, 1.82) is 0 Å². The summed E-state index contributed by atoms with van der Waals surface area (Å²) in [6, 6.07) is 9.46. The highest BCUT2D eigenvalue weighted by Crippen LogP contribution is 2.22. The molecule has 0 aliphatic heterocycles. The predicted octanol–water partition coefficient (Wildman–Crippen LogP) is 2.56. The van der Waals surface area contributed by atoms with Crippen LogP contribution in [0.3, 0.4) is 0 Å². The molecule has 0 aliphatic rings. The van der Waals surface area contributed by atoms with E-state index in [1.165, 1.54) is 0 Å². The molecular formula is C15H13N3O2. The van der Waals surface area contributed by atoms with Gasteiger partial charge in [-0.3, -0.25) is 4.79 Å². The minimum absolute atomic E-state index is 0.0205. The quantitative estimate of drug-likeness (QED) is 0.764. The first kappa shape index (κ1) is 12.3. The maximum absolute atomic E-state index is 10.8. The molecule has 0 saturated carbocycles. The summed E-state index contributed by atoms with van der Waals surface area (Å²) in [4.78, 5) is 22.5. The SMILES string of the molecule is Cc1nc2ncc(-c3cccc(CC(=O)O)c3)cc2[nH]1. The molecule has 0 bridgehead atoms. The van der Waals surface area contributed by atoms with Crippen molar-refractivity contribution in [3.05, 3.63) is 47.9 Å². The van der Waals surface area contributed by atoms with Gasteiger partial charge in [-0.25, -0.2) is 9.97 Å². The molecule has 3 aromatic rings. The molecule has 5 heteroatoms. The Balaban J connectivity index is 2.03. The van der Waals surface area contributed by atoms with Crippen molar-refractivity contribution in [2.45, 2.75) is 13.3 Å². The number of aromatic amines is 1. The fourth-order valence-electron chi connectivity index (χ4n) is 2.21. The number of benzene rings is 1. The lowest BCUT2D eigenvalue weighted by molar-refractivity contribution is -0.136. The zero-order valence-electron chi connectivity index (χ0n) is 10.9. The van der Waals surface area contributed by atoms with Crippen LogP contribution in [-0.4, -0.2) is 26.0 Å². The van der Waals surface area contributed by atoms with Crippen molar-refractivity contribution in [3.63, 3.8) is 0 Å². The Morgan fingerprint density at radius 3 is 2.95 bits per heavy atom. The van der Waals surface area contributed by atoms with E-state index in [4.69, 9.17) is 5.11 Å². The molecule has 3 rings (SSSR count). The summed E-state index contributed by atoms with van der Waals surface area (Å²) < 4.78 is 0. The second-order valence-electron chi connectivity index (χ2n) is 4.69. The Morgan fingerprint density at radius 1 is 1.30 bits per heavy atom. The first-order valence-electron chi connectivity index (χ1n) is 6.25. The van der Waals surface area contributed by atoms with Crippen LogP contribution in [0.15, 0.2) is 36.5 Å². The fraction of sp³-hybridized carbons (Fsp3) is 0.133. The van der Waals surface area contributed by atoms with Crippen LogP contribution in [0.2, 0.25) is 0 Å². The average Bonchev–Trinajstić information content (AvgIpc) is 2.77. The number of aromatic nitrogens is 3. The summed E-state index contributed by atoms with van der Waals surface area (Å²) in [5.74, 6) is -0.0100. The number of hydrogen-bond acceptors (Lipinski definition) is 3. The van der Waals surface area contributed by atoms with E-state index in [0.717, 1.165) is 28.0 Å². The molecule has 2 N–H and O–H groups in total. The zero-order chi connectivity index (χ0) is 14.1. The molecule has 0 aliphatic carbocycles. The molecule has 5 nitrogen and oxygen atoms in total. The zero-order valence-corrected chi connectivity index (χ0v) is 10.9. The second kappa shape index (κ2) is 4.77. The highest BCUT2D eigenvalue weighted by molar-refractivity contribution is 5.78. The lowest BCUT2D eigenvalue weighted by atomic mass is 10.0. The maximum atomic E-state index is 10.8. The smallest absolute Gasteiger partial charge is 0.307 e. The number of carboxylic acid groups (broad SMARTS) is 1. The summed E-state index contributed by atoms with van der Waals surface area (Å²) in [6.07, 6.45) is 1.77. The van der Waals surface area contributed by atoms with Gasteiger partial charge in [-0.1, -0.05) is 24.3 Å². The van der Waals surface area contributed by atoms with Crippen LogP contribution >= 0.6 is 0 Å². The Hall–Kier alpha value is -2.69. The lowest BCUT2D eigenvalue weighted by Gasteiger charge is -2.03. The number of carbonyl (C=O) groups is 1. The molecule has 1 aromatic carbocycles. The number of hydrogen-bond donors (Lipinski definition) is 2. The number of fused-ring (bicyclic) bond motifs is 1. The van der Waals surface area contributed by atoms with Gasteiger partial charge in [-0.05, 0) is 24.1 Å². The third kappa shape index (κ3) is 2.38. The molecule has 0 saturated heterocycles. The van der Waals surface area contributed by atoms with Gasteiger partial charge in [0, 0.05) is 11.8 Å². The molecule has 0 fully saturated rings. The molecule has 0 radical (unpaired) electrons. The Labute approximate surface area is 115 Å². The molecule has 0 atom stereocenters. The fourth-order valence-corrected chi connectivity index (χ4v) is 2.21. The summed E-state index contributed by atoms with van der Waals surface area (Å²) >= 11 is 0. The number of aryl methyl sites for hydroxylation is 1. The van der Waals surface area contributed by atoms with E-state index in [1.807, 2.05) is 37.3 Å². The van der Waals surface area contributed by atoms with Crippen molar-refractivity contribution in [3.8, 4) is 11.1 Å². The van der Waals surface area contributed by atoms with Crippen LogP contribution in [0, 0.1) is 6.92 Å². The molecule has 0 spiro atoms. The van der Waals surface area contributed by atoms with E-state index in [1.54, 1.807) is 6.20 Å². The van der Waals surface area contributed by atoms with Gasteiger partial charge in [0.1, 0.15) is 5.82 Å². The van der Waals surface area contributed by atoms with Gasteiger partial charge in [-0.15, -0.1) is 0 Å². The van der Waals surface area contributed by atoms with E-state index in [2.05, 4.69) is 15.0 Å². The minimum atomic E-state index is -0.833. The van der Waals surface area contributed by atoms with Gasteiger partial charge in [-0.2, -0.15) is 0 Å². The summed E-state index contributed by atoms with van der Waals surface area (Å²) in [5.41, 5.74) is 4.23. The van der Waals surface area contributed by atoms with Gasteiger partial charge < -0.3 is 10.1 Å². The first-order chi connectivity index (χ1) is 9.61. The molecule has 0 amide bonds. The van der Waals surface area contributed by atoms with E-state index in [9.17, 15) is 4.79 Å². The van der Waals surface area contributed by atoms with Crippen molar-refractivity contribution < 1.29 is 9.90 Å².